The third-order valence-electron chi connectivity index (χ3n) is 6.71. The fourth-order valence-electron chi connectivity index (χ4n) is 4.90. The van der Waals surface area contributed by atoms with Crippen LogP contribution in [0, 0.1) is 0 Å². The molecular formula is C26H32N4O4S. The number of fused-ring (bicyclic) bond motifs is 2. The first-order chi connectivity index (χ1) is 17.1. The Labute approximate surface area is 209 Å². The Morgan fingerprint density at radius 1 is 1.20 bits per heavy atom. The van der Waals surface area contributed by atoms with E-state index in [1.807, 2.05) is 29.2 Å². The van der Waals surface area contributed by atoms with E-state index >= 15 is 0 Å². The van der Waals surface area contributed by atoms with Crippen molar-refractivity contribution in [2.45, 2.75) is 44.1 Å². The predicted octanol–water partition coefficient (Wildman–Crippen LogP) is 2.73. The van der Waals surface area contributed by atoms with Crippen LogP contribution in [0.15, 0.2) is 36.4 Å². The number of carbonyl (C=O) groups is 2. The Kier molecular flexibility index (Phi) is 7.46. The maximum atomic E-state index is 13.2. The quantitative estimate of drug-likeness (QED) is 0.635. The molecule has 9 heteroatoms. The molecule has 1 saturated heterocycles. The molecule has 1 aliphatic carbocycles. The van der Waals surface area contributed by atoms with Gasteiger partial charge in [0.05, 0.1) is 25.4 Å². The highest BCUT2D eigenvalue weighted by atomic mass is 32.1. The molecule has 3 heterocycles. The smallest absolute Gasteiger partial charge is 0.254 e. The Hall–Kier alpha value is -2.75. The van der Waals surface area contributed by atoms with Crippen molar-refractivity contribution in [2.24, 2.45) is 0 Å². The molecule has 2 amide bonds. The van der Waals surface area contributed by atoms with Gasteiger partial charge in [0.25, 0.3) is 5.91 Å². The van der Waals surface area contributed by atoms with Crippen LogP contribution in [-0.2, 0) is 33.6 Å². The number of ether oxygens (including phenoxy) is 2. The lowest BCUT2D eigenvalue weighted by atomic mass is 9.94. The van der Waals surface area contributed by atoms with Crippen molar-refractivity contribution in [1.82, 2.24) is 15.2 Å². The molecule has 2 N–H and O–H groups in total. The van der Waals surface area contributed by atoms with E-state index in [1.165, 1.54) is 11.3 Å². The monoisotopic (exact) mass is 496 g/mol. The van der Waals surface area contributed by atoms with E-state index in [-0.39, 0.29) is 18.4 Å². The van der Waals surface area contributed by atoms with Crippen LogP contribution in [-0.4, -0.2) is 66.7 Å². The second-order valence-corrected chi connectivity index (χ2v) is 10.4. The molecule has 1 unspecified atom stereocenters. The van der Waals surface area contributed by atoms with Gasteiger partial charge < -0.3 is 20.1 Å². The van der Waals surface area contributed by atoms with E-state index in [1.54, 1.807) is 11.3 Å². The zero-order valence-electron chi connectivity index (χ0n) is 19.9. The molecule has 2 aliphatic heterocycles. The van der Waals surface area contributed by atoms with Crippen molar-refractivity contribution >= 4 is 28.3 Å². The molecule has 1 spiro atoms. The number of benzene rings is 1. The molecule has 1 aromatic heterocycles. The molecule has 1 aromatic carbocycles. The molecule has 186 valence electrons. The van der Waals surface area contributed by atoms with E-state index in [2.05, 4.69) is 27.8 Å². The third kappa shape index (κ3) is 5.74. The lowest BCUT2D eigenvalue weighted by molar-refractivity contribution is -0.160. The average molecular weight is 497 g/mol. The van der Waals surface area contributed by atoms with Gasteiger partial charge in [-0.3, -0.25) is 14.5 Å². The summed E-state index contributed by atoms with van der Waals surface area (Å²) < 4.78 is 12.0. The molecule has 8 nitrogen and oxygen atoms in total. The lowest BCUT2D eigenvalue weighted by Crippen LogP contribution is -2.60. The molecule has 3 aliphatic rings. The Morgan fingerprint density at radius 2 is 2.09 bits per heavy atom. The molecule has 0 saturated carbocycles. The molecule has 1 fully saturated rings. The number of nitrogens with one attached hydrogen (secondary N) is 2. The van der Waals surface area contributed by atoms with Crippen LogP contribution in [0.2, 0.25) is 0 Å². The summed E-state index contributed by atoms with van der Waals surface area (Å²) >= 11 is 1.58. The number of para-hydroxylation sites is 1. The van der Waals surface area contributed by atoms with Gasteiger partial charge in [0, 0.05) is 24.4 Å². The van der Waals surface area contributed by atoms with Crippen LogP contribution in [0.5, 0.6) is 5.75 Å². The molecule has 0 radical (unpaired) electrons. The summed E-state index contributed by atoms with van der Waals surface area (Å²) in [5.41, 5.74) is 1.20. The number of aryl methyl sites for hydroxylation is 2. The molecule has 5 rings (SSSR count). The highest BCUT2D eigenvalue weighted by Crippen LogP contribution is 2.30. The van der Waals surface area contributed by atoms with Crippen LogP contribution in [0.1, 0.15) is 35.4 Å². The average Bonchev–Trinajstić information content (AvgIpc) is 3.26. The maximum absolute atomic E-state index is 13.2. The SMILES string of the molecule is O=C(CN1CCOC2(C/C=C/Cc3ccccc3OCCNC2=O)C1)Nc1nc2c(s1)CCCC2. The standard InChI is InChI=1S/C26H32N4O4S/c31-23(29-25-28-20-9-2-4-11-22(20)35-25)17-30-14-16-34-26(18-30)12-6-5-8-19-7-1-3-10-21(19)33-15-13-27-24(26)32/h1,3,5-7,10H,2,4,8-9,11-18H2,(H,27,32)(H,28,29,31)/b6-5+. The first-order valence-corrected chi connectivity index (χ1v) is 13.2. The number of morpholine rings is 1. The highest BCUT2D eigenvalue weighted by Gasteiger charge is 2.43. The van der Waals surface area contributed by atoms with E-state index < -0.39 is 5.60 Å². The minimum Gasteiger partial charge on any atom is -0.491 e. The number of thiazole rings is 1. The van der Waals surface area contributed by atoms with Crippen molar-refractivity contribution in [3.8, 4) is 5.75 Å². The molecule has 2 aromatic rings. The molecular weight excluding hydrogens is 464 g/mol. The largest absolute Gasteiger partial charge is 0.491 e. The number of hydrogen-bond acceptors (Lipinski definition) is 7. The van der Waals surface area contributed by atoms with Gasteiger partial charge in [-0.25, -0.2) is 4.98 Å². The van der Waals surface area contributed by atoms with Crippen molar-refractivity contribution in [3.63, 3.8) is 0 Å². The molecule has 35 heavy (non-hydrogen) atoms. The number of aromatic nitrogens is 1. The minimum atomic E-state index is -1.03. The second kappa shape index (κ2) is 10.9. The minimum absolute atomic E-state index is 0.109. The van der Waals surface area contributed by atoms with Crippen molar-refractivity contribution in [3.05, 3.63) is 52.6 Å². The molecule has 0 bridgehead atoms. The Morgan fingerprint density at radius 3 is 3.00 bits per heavy atom. The van der Waals surface area contributed by atoms with Gasteiger partial charge in [-0.1, -0.05) is 30.4 Å². The third-order valence-corrected chi connectivity index (χ3v) is 7.78. The van der Waals surface area contributed by atoms with Crippen LogP contribution in [0.25, 0.3) is 0 Å². The summed E-state index contributed by atoms with van der Waals surface area (Å²) in [6.07, 6.45) is 9.61. The van der Waals surface area contributed by atoms with Gasteiger partial charge in [0.2, 0.25) is 5.91 Å². The Balaban J connectivity index is 1.24. The fourth-order valence-corrected chi connectivity index (χ4v) is 5.96. The first kappa shape index (κ1) is 24.0. The van der Waals surface area contributed by atoms with Crippen LogP contribution < -0.4 is 15.4 Å². The number of rotatable bonds is 3. The van der Waals surface area contributed by atoms with E-state index in [0.717, 1.165) is 42.7 Å². The zero-order valence-corrected chi connectivity index (χ0v) is 20.7. The summed E-state index contributed by atoms with van der Waals surface area (Å²) in [6.45, 7) is 2.30. The van der Waals surface area contributed by atoms with Crippen LogP contribution in [0.3, 0.4) is 0 Å². The number of allylic oxidation sites excluding steroid dienone is 1. The van der Waals surface area contributed by atoms with Crippen molar-refractivity contribution in [1.29, 1.82) is 0 Å². The van der Waals surface area contributed by atoms with Crippen LogP contribution >= 0.6 is 11.3 Å². The first-order valence-electron chi connectivity index (χ1n) is 12.4. The summed E-state index contributed by atoms with van der Waals surface area (Å²) in [4.78, 5) is 33.9. The Bertz CT molecular complexity index is 1080. The van der Waals surface area contributed by atoms with Gasteiger partial charge >= 0.3 is 0 Å². The summed E-state index contributed by atoms with van der Waals surface area (Å²) in [5.74, 6) is 0.563. The maximum Gasteiger partial charge on any atom is 0.254 e. The second-order valence-electron chi connectivity index (χ2n) is 9.29. The van der Waals surface area contributed by atoms with Crippen molar-refractivity contribution < 1.29 is 19.1 Å². The summed E-state index contributed by atoms with van der Waals surface area (Å²) in [7, 11) is 0. The van der Waals surface area contributed by atoms with Gasteiger partial charge in [0.1, 0.15) is 12.4 Å². The van der Waals surface area contributed by atoms with Gasteiger partial charge in [-0.15, -0.1) is 11.3 Å². The summed E-state index contributed by atoms with van der Waals surface area (Å²) in [5, 5.41) is 6.62. The lowest BCUT2D eigenvalue weighted by Gasteiger charge is -2.41. The van der Waals surface area contributed by atoms with E-state index in [0.29, 0.717) is 44.4 Å². The predicted molar refractivity (Wildman–Crippen MR) is 135 cm³/mol. The zero-order chi connectivity index (χ0) is 24.1. The van der Waals surface area contributed by atoms with Crippen LogP contribution in [0.4, 0.5) is 5.13 Å². The number of nitrogens with zero attached hydrogens (tertiary/aromatic N) is 2. The van der Waals surface area contributed by atoms with Crippen molar-refractivity contribution in [2.75, 3.05) is 44.7 Å². The van der Waals surface area contributed by atoms with E-state index in [9.17, 15) is 9.59 Å². The fraction of sp³-hybridized carbons (Fsp3) is 0.500. The topological polar surface area (TPSA) is 92.8 Å². The normalized spacial score (nSPS) is 24.2. The highest BCUT2D eigenvalue weighted by molar-refractivity contribution is 7.15. The van der Waals surface area contributed by atoms with Gasteiger partial charge in [0.15, 0.2) is 10.7 Å². The van der Waals surface area contributed by atoms with Gasteiger partial charge in [-0.05, 0) is 43.7 Å². The number of hydrogen-bond donors (Lipinski definition) is 2. The van der Waals surface area contributed by atoms with E-state index in [4.69, 9.17) is 9.47 Å². The number of amides is 2. The number of carbonyl (C=O) groups excluding carboxylic acids is 2. The number of anilines is 1. The molecule has 1 atom stereocenters. The van der Waals surface area contributed by atoms with Gasteiger partial charge in [-0.2, -0.15) is 0 Å². The summed E-state index contributed by atoms with van der Waals surface area (Å²) in [6, 6.07) is 7.95.